The first-order valence-electron chi connectivity index (χ1n) is 4.60. The van der Waals surface area contributed by atoms with Crippen LogP contribution in [0.4, 0.5) is 5.69 Å². The molecule has 0 saturated heterocycles. The van der Waals surface area contributed by atoms with Crippen LogP contribution < -0.4 is 5.32 Å². The van der Waals surface area contributed by atoms with Crippen LogP contribution in [0.3, 0.4) is 0 Å². The summed E-state index contributed by atoms with van der Waals surface area (Å²) in [5.41, 5.74) is 1.83. The van der Waals surface area contributed by atoms with Gasteiger partial charge in [0, 0.05) is 23.9 Å². The number of amides is 1. The van der Waals surface area contributed by atoms with Crippen LogP contribution in [0.15, 0.2) is 24.3 Å². The Morgan fingerprint density at radius 3 is 3.06 bits per heavy atom. The maximum absolute atomic E-state index is 11.1. The first-order valence-corrected chi connectivity index (χ1v) is 7.30. The number of benzene rings is 1. The molecular formula is C8H11N4OP3. The number of aromatic nitrogens is 3. The van der Waals surface area contributed by atoms with Gasteiger partial charge in [-0.15, -0.1) is 0 Å². The summed E-state index contributed by atoms with van der Waals surface area (Å²) in [4.78, 5) is 11.1. The van der Waals surface area contributed by atoms with Gasteiger partial charge in [-0.1, -0.05) is 12.1 Å². The van der Waals surface area contributed by atoms with Crippen molar-refractivity contribution in [3.05, 3.63) is 24.3 Å². The number of nitrogens with zero attached hydrogens (tertiary/aromatic N) is 2. The van der Waals surface area contributed by atoms with Gasteiger partial charge in [0.1, 0.15) is 8.51 Å². The van der Waals surface area contributed by atoms with Crippen molar-refractivity contribution in [3.8, 4) is 5.69 Å². The molecule has 1 aromatic heterocycles. The molecule has 0 saturated carbocycles. The number of aromatic amines is 1. The van der Waals surface area contributed by atoms with Crippen LogP contribution in [0.2, 0.25) is 0 Å². The van der Waals surface area contributed by atoms with Gasteiger partial charge in [0.2, 0.25) is 5.91 Å². The van der Waals surface area contributed by atoms with Crippen molar-refractivity contribution >= 4 is 37.1 Å². The Hall–Kier alpha value is -1.01. The fraction of sp³-hybridized carbons (Fsp3) is 0.125. The van der Waals surface area contributed by atoms with Gasteiger partial charge < -0.3 is 9.83 Å². The number of rotatable bonds is 2. The van der Waals surface area contributed by atoms with Crippen molar-refractivity contribution in [2.24, 2.45) is 0 Å². The molecule has 0 radical (unpaired) electrons. The molecule has 0 aliphatic heterocycles. The van der Waals surface area contributed by atoms with E-state index in [1.54, 1.807) is 0 Å². The van der Waals surface area contributed by atoms with Crippen molar-refractivity contribution in [2.75, 3.05) is 5.32 Å². The molecule has 2 atom stereocenters. The largest absolute Gasteiger partial charge is 0.324 e. The minimum atomic E-state index is -0.0590. The summed E-state index contributed by atoms with van der Waals surface area (Å²) in [7, 11) is 1.90. The monoisotopic (exact) mass is 272 g/mol. The van der Waals surface area contributed by atoms with E-state index < -0.39 is 0 Å². The maximum Gasteiger partial charge on any atom is 0.221 e. The minimum absolute atomic E-state index is 0.0590. The standard InChI is InChI=1S/C8H11N4OP3/c1-6(13)9-7-4-2-3-5-8(7)12-15-10-14-11-16-12/h2-5,10,14-15H,1H3,(H,9,13). The number of nitrogens with one attached hydrogen (secondary N) is 2. The van der Waals surface area contributed by atoms with Crippen molar-refractivity contribution in [2.45, 2.75) is 6.92 Å². The highest BCUT2D eigenvalue weighted by molar-refractivity contribution is 7.44. The summed E-state index contributed by atoms with van der Waals surface area (Å²) in [5, 5.41) is 2.82. The quantitative estimate of drug-likeness (QED) is 0.882. The fourth-order valence-electron chi connectivity index (χ4n) is 1.25. The smallest absolute Gasteiger partial charge is 0.221 e. The second kappa shape index (κ2) is 5.36. The lowest BCUT2D eigenvalue weighted by molar-refractivity contribution is -0.114. The molecule has 0 bridgehead atoms. The van der Waals surface area contributed by atoms with Gasteiger partial charge in [-0.3, -0.25) is 8.89 Å². The highest BCUT2D eigenvalue weighted by Gasteiger charge is 2.04. The van der Waals surface area contributed by atoms with Crippen LogP contribution in [0, 0.1) is 0 Å². The molecule has 0 fully saturated rings. The van der Waals surface area contributed by atoms with E-state index in [9.17, 15) is 4.79 Å². The summed E-state index contributed by atoms with van der Waals surface area (Å²) >= 11 is 0. The lowest BCUT2D eigenvalue weighted by atomic mass is 10.3. The number of carbonyl (C=O) groups excluding carboxylic acids is 1. The predicted octanol–water partition coefficient (Wildman–Crippen LogP) is 2.93. The summed E-state index contributed by atoms with van der Waals surface area (Å²) in [5.74, 6) is -0.0590. The lowest BCUT2D eigenvalue weighted by Gasteiger charge is -2.10. The van der Waals surface area contributed by atoms with E-state index in [2.05, 4.69) is 18.4 Å². The Morgan fingerprint density at radius 1 is 1.56 bits per heavy atom. The van der Waals surface area contributed by atoms with Crippen molar-refractivity contribution in [1.29, 1.82) is 0 Å². The SMILES string of the molecule is CC(=O)Nc1ccccc1-n1pn[pH][nH][pH]1. The molecule has 1 amide bonds. The van der Waals surface area contributed by atoms with E-state index in [-0.39, 0.29) is 5.91 Å². The van der Waals surface area contributed by atoms with Gasteiger partial charge in [-0.25, -0.2) is 0 Å². The molecular weight excluding hydrogens is 261 g/mol. The highest BCUT2D eigenvalue weighted by Crippen LogP contribution is 2.26. The zero-order chi connectivity index (χ0) is 11.4. The zero-order valence-electron chi connectivity index (χ0n) is 8.56. The normalized spacial score (nSPS) is 11.3. The van der Waals surface area contributed by atoms with Gasteiger partial charge in [-0.05, 0) is 12.1 Å². The number of H-pyrrole nitrogens is 1. The number of hydrogen-bond acceptors (Lipinski definition) is 2. The third kappa shape index (κ3) is 2.76. The third-order valence-corrected chi connectivity index (χ3v) is 4.91. The van der Waals surface area contributed by atoms with E-state index in [0.29, 0.717) is 17.0 Å². The molecule has 0 aliphatic carbocycles. The van der Waals surface area contributed by atoms with Gasteiger partial charge >= 0.3 is 0 Å². The number of hydrogen-bond donors (Lipinski definition) is 2. The Morgan fingerprint density at radius 2 is 2.38 bits per heavy atom. The topological polar surface area (TPSA) is 62.7 Å². The van der Waals surface area contributed by atoms with E-state index >= 15 is 0 Å². The fourth-order valence-corrected chi connectivity index (χ4v) is 4.68. The zero-order valence-corrected chi connectivity index (χ0v) is 11.5. The number of carbonyl (C=O) groups is 1. The third-order valence-electron chi connectivity index (χ3n) is 1.84. The summed E-state index contributed by atoms with van der Waals surface area (Å²) in [6.07, 6.45) is 0. The van der Waals surface area contributed by atoms with Gasteiger partial charge in [0.15, 0.2) is 0 Å². The summed E-state index contributed by atoms with van der Waals surface area (Å²) in [6, 6.07) is 7.74. The van der Waals surface area contributed by atoms with Crippen LogP contribution in [-0.4, -0.2) is 19.0 Å². The minimum Gasteiger partial charge on any atom is -0.324 e. The Kier molecular flexibility index (Phi) is 3.84. The molecule has 16 heavy (non-hydrogen) atoms. The van der Waals surface area contributed by atoms with Crippen molar-refractivity contribution in [3.63, 3.8) is 0 Å². The van der Waals surface area contributed by atoms with E-state index in [1.807, 2.05) is 24.3 Å². The Balaban J connectivity index is 2.44. The molecule has 1 aromatic carbocycles. The second-order valence-electron chi connectivity index (χ2n) is 3.05. The molecule has 0 spiro atoms. The van der Waals surface area contributed by atoms with Crippen molar-refractivity contribution in [1.82, 2.24) is 13.1 Å². The van der Waals surface area contributed by atoms with Crippen LogP contribution in [0.1, 0.15) is 6.92 Å². The Labute approximate surface area is 97.6 Å². The molecule has 5 nitrogen and oxygen atoms in total. The Bertz CT molecular complexity index is 508. The van der Waals surface area contributed by atoms with Crippen LogP contribution in [0.25, 0.3) is 5.69 Å². The number of anilines is 1. The molecule has 2 N–H and O–H groups in total. The summed E-state index contributed by atoms with van der Waals surface area (Å²) < 4.78 is 9.56. The first kappa shape index (κ1) is 11.5. The summed E-state index contributed by atoms with van der Waals surface area (Å²) in [6.45, 7) is 1.51. The first-order chi connectivity index (χ1) is 7.77. The van der Waals surface area contributed by atoms with Gasteiger partial charge in [0.25, 0.3) is 0 Å². The lowest BCUT2D eigenvalue weighted by Crippen LogP contribution is -2.07. The van der Waals surface area contributed by atoms with Crippen molar-refractivity contribution < 1.29 is 4.79 Å². The highest BCUT2D eigenvalue weighted by atomic mass is 31.1. The average Bonchev–Trinajstić information content (AvgIpc) is 2.30. The molecule has 2 aromatic rings. The average molecular weight is 272 g/mol. The second-order valence-corrected chi connectivity index (χ2v) is 6.70. The molecule has 84 valence electrons. The predicted molar refractivity (Wildman–Crippen MR) is 71.4 cm³/mol. The van der Waals surface area contributed by atoms with E-state index in [1.165, 1.54) is 6.92 Å². The van der Waals surface area contributed by atoms with E-state index in [4.69, 9.17) is 0 Å². The van der Waals surface area contributed by atoms with Crippen LogP contribution in [0.5, 0.6) is 0 Å². The molecule has 2 rings (SSSR count). The molecule has 0 aliphatic rings. The molecule has 1 heterocycles. The van der Waals surface area contributed by atoms with Gasteiger partial charge in [0.05, 0.1) is 11.4 Å². The number of para-hydroxylation sites is 2. The van der Waals surface area contributed by atoms with E-state index in [0.717, 1.165) is 19.9 Å². The van der Waals surface area contributed by atoms with Crippen LogP contribution >= 0.6 is 25.5 Å². The molecule has 8 heteroatoms. The maximum atomic E-state index is 11.1. The van der Waals surface area contributed by atoms with Crippen LogP contribution in [-0.2, 0) is 4.79 Å². The molecule has 2 unspecified atom stereocenters. The van der Waals surface area contributed by atoms with Gasteiger partial charge in [-0.2, -0.15) is 4.51 Å².